The summed E-state index contributed by atoms with van der Waals surface area (Å²) < 4.78 is 5.00. The molecule has 0 aliphatic carbocycles. The Kier molecular flexibility index (Phi) is 3.90. The van der Waals surface area contributed by atoms with E-state index in [4.69, 9.17) is 10.2 Å². The highest BCUT2D eigenvalue weighted by molar-refractivity contribution is 6.02. The minimum Gasteiger partial charge on any atom is -0.438 e. The number of nitrogens with two attached hydrogens (primary N) is 1. The summed E-state index contributed by atoms with van der Waals surface area (Å²) in [4.78, 5) is 19.9. The number of nitrogens with zero attached hydrogens (tertiary/aromatic N) is 2. The molecule has 6 nitrogen and oxygen atoms in total. The van der Waals surface area contributed by atoms with E-state index < -0.39 is 5.91 Å². The Morgan fingerprint density at radius 3 is 3.05 bits per heavy atom. The van der Waals surface area contributed by atoms with Crippen molar-refractivity contribution in [3.8, 4) is 11.8 Å². The van der Waals surface area contributed by atoms with Gasteiger partial charge in [0.05, 0.1) is 12.2 Å². The average molecular weight is 256 g/mol. The molecule has 96 valence electrons. The number of nitrogens with one attached hydrogen (secondary N) is 1. The number of carbonyl (C=O) groups excluding carboxylic acids is 1. The van der Waals surface area contributed by atoms with Crippen LogP contribution in [0, 0.1) is 18.8 Å². The predicted octanol–water partition coefficient (Wildman–Crippen LogP) is 0.941. The van der Waals surface area contributed by atoms with E-state index in [1.54, 1.807) is 25.1 Å². The fourth-order valence-electron chi connectivity index (χ4n) is 1.41. The molecule has 19 heavy (non-hydrogen) atoms. The molecule has 2 rings (SSSR count). The zero-order valence-electron chi connectivity index (χ0n) is 10.3. The number of pyridine rings is 1. The van der Waals surface area contributed by atoms with Crippen molar-refractivity contribution < 1.29 is 9.21 Å². The highest BCUT2D eigenvalue weighted by Crippen LogP contribution is 2.09. The van der Waals surface area contributed by atoms with Crippen LogP contribution in [0.5, 0.6) is 0 Å². The third-order valence-electron chi connectivity index (χ3n) is 2.26. The number of amides is 1. The number of rotatable bonds is 2. The average Bonchev–Trinajstić information content (AvgIpc) is 2.83. The molecular formula is C13H12N4O2. The van der Waals surface area contributed by atoms with Crippen LogP contribution in [0.2, 0.25) is 0 Å². The predicted molar refractivity (Wildman–Crippen MR) is 69.4 cm³/mol. The van der Waals surface area contributed by atoms with Gasteiger partial charge in [-0.1, -0.05) is 12.0 Å². The summed E-state index contributed by atoms with van der Waals surface area (Å²) in [5, 5.41) is 2.62. The highest BCUT2D eigenvalue weighted by atomic mass is 16.3. The van der Waals surface area contributed by atoms with Crippen LogP contribution in [0.4, 0.5) is 5.82 Å². The summed E-state index contributed by atoms with van der Waals surface area (Å²) in [6.07, 6.45) is 1.22. The second-order valence-corrected chi connectivity index (χ2v) is 3.63. The third kappa shape index (κ3) is 3.18. The summed E-state index contributed by atoms with van der Waals surface area (Å²) in [7, 11) is 0. The van der Waals surface area contributed by atoms with E-state index >= 15 is 0 Å². The van der Waals surface area contributed by atoms with Crippen molar-refractivity contribution >= 4 is 11.7 Å². The van der Waals surface area contributed by atoms with Crippen molar-refractivity contribution in [2.24, 2.45) is 5.73 Å². The van der Waals surface area contributed by atoms with Crippen molar-refractivity contribution in [2.45, 2.75) is 6.92 Å². The van der Waals surface area contributed by atoms with E-state index in [-0.39, 0.29) is 12.3 Å². The number of aromatic nitrogens is 2. The van der Waals surface area contributed by atoms with E-state index in [0.717, 1.165) is 0 Å². The van der Waals surface area contributed by atoms with Crippen molar-refractivity contribution in [3.63, 3.8) is 0 Å². The molecule has 2 heterocycles. The molecule has 0 saturated heterocycles. The number of aryl methyl sites for hydroxylation is 1. The molecule has 0 aromatic carbocycles. The highest BCUT2D eigenvalue weighted by Gasteiger charge is 2.14. The van der Waals surface area contributed by atoms with Crippen LogP contribution in [-0.4, -0.2) is 22.4 Å². The molecule has 0 unspecified atom stereocenters. The lowest BCUT2D eigenvalue weighted by molar-refractivity contribution is 0.0995. The van der Waals surface area contributed by atoms with Gasteiger partial charge in [0, 0.05) is 0 Å². The zero-order valence-corrected chi connectivity index (χ0v) is 10.3. The van der Waals surface area contributed by atoms with Gasteiger partial charge in [-0.2, -0.15) is 0 Å². The molecule has 0 spiro atoms. The molecule has 0 aliphatic heterocycles. The van der Waals surface area contributed by atoms with Crippen LogP contribution >= 0.6 is 0 Å². The number of hydrogen-bond donors (Lipinski definition) is 2. The molecule has 6 heteroatoms. The Labute approximate surface area is 110 Å². The van der Waals surface area contributed by atoms with E-state index in [0.29, 0.717) is 17.2 Å². The van der Waals surface area contributed by atoms with E-state index in [2.05, 4.69) is 27.1 Å². The van der Waals surface area contributed by atoms with Gasteiger partial charge in [0.15, 0.2) is 6.39 Å². The van der Waals surface area contributed by atoms with Crippen LogP contribution in [0.15, 0.2) is 29.0 Å². The Bertz CT molecular complexity index is 652. The number of hydrogen-bond acceptors (Lipinski definition) is 5. The van der Waals surface area contributed by atoms with Gasteiger partial charge in [0.25, 0.3) is 5.91 Å². The minimum atomic E-state index is -0.397. The molecule has 0 radical (unpaired) electrons. The molecular weight excluding hydrogens is 244 g/mol. The first-order chi connectivity index (χ1) is 9.20. The smallest absolute Gasteiger partial charge is 0.294 e. The maximum Gasteiger partial charge on any atom is 0.294 e. The summed E-state index contributed by atoms with van der Waals surface area (Å²) >= 11 is 0. The summed E-state index contributed by atoms with van der Waals surface area (Å²) in [6, 6.07) is 5.14. The topological polar surface area (TPSA) is 94.0 Å². The molecule has 2 aromatic rings. The molecule has 3 N–H and O–H groups in total. The molecule has 2 aromatic heterocycles. The van der Waals surface area contributed by atoms with Gasteiger partial charge in [0.2, 0.25) is 5.76 Å². The molecule has 0 atom stereocenters. The van der Waals surface area contributed by atoms with Crippen LogP contribution in [0.3, 0.4) is 0 Å². The van der Waals surface area contributed by atoms with E-state index in [1.165, 1.54) is 6.39 Å². The van der Waals surface area contributed by atoms with Crippen molar-refractivity contribution in [1.82, 2.24) is 9.97 Å². The first-order valence-electron chi connectivity index (χ1n) is 5.58. The van der Waals surface area contributed by atoms with Gasteiger partial charge < -0.3 is 15.5 Å². The Hall–Kier alpha value is -2.65. The van der Waals surface area contributed by atoms with Crippen molar-refractivity contribution in [2.75, 3.05) is 11.9 Å². The Morgan fingerprint density at radius 1 is 1.53 bits per heavy atom. The van der Waals surface area contributed by atoms with Gasteiger partial charge in [-0.05, 0) is 25.0 Å². The molecule has 0 fully saturated rings. The summed E-state index contributed by atoms with van der Waals surface area (Å²) in [5.41, 5.74) is 6.35. The lowest BCUT2D eigenvalue weighted by Gasteiger charge is -2.02. The van der Waals surface area contributed by atoms with Crippen LogP contribution < -0.4 is 11.1 Å². The maximum absolute atomic E-state index is 11.9. The molecule has 0 saturated carbocycles. The fraction of sp³-hybridized carbons (Fsp3) is 0.154. The first-order valence-corrected chi connectivity index (χ1v) is 5.58. The Balaban J connectivity index is 2.15. The van der Waals surface area contributed by atoms with Gasteiger partial charge in [0.1, 0.15) is 11.5 Å². The van der Waals surface area contributed by atoms with Crippen molar-refractivity contribution in [3.05, 3.63) is 41.7 Å². The van der Waals surface area contributed by atoms with Crippen LogP contribution in [0.25, 0.3) is 0 Å². The second-order valence-electron chi connectivity index (χ2n) is 3.63. The maximum atomic E-state index is 11.9. The number of anilines is 1. The standard InChI is InChI=1S/C13H12N4O2/c1-9-12(19-8-15-9)13(18)17-11-6-2-4-10(16-11)5-3-7-14/h2,4,6,8H,7,14H2,1H3,(H,16,17,18). The number of oxazole rings is 1. The minimum absolute atomic E-state index is 0.167. The second kappa shape index (κ2) is 5.80. The summed E-state index contributed by atoms with van der Waals surface area (Å²) in [5.74, 6) is 5.65. The quantitative estimate of drug-likeness (QED) is 0.780. The lowest BCUT2D eigenvalue weighted by Crippen LogP contribution is -2.13. The largest absolute Gasteiger partial charge is 0.438 e. The fourth-order valence-corrected chi connectivity index (χ4v) is 1.41. The van der Waals surface area contributed by atoms with Gasteiger partial charge in [-0.3, -0.25) is 4.79 Å². The first kappa shape index (κ1) is 12.8. The lowest BCUT2D eigenvalue weighted by atomic mass is 10.3. The molecule has 0 bridgehead atoms. The number of carbonyl (C=O) groups is 1. The molecule has 1 amide bonds. The zero-order chi connectivity index (χ0) is 13.7. The van der Waals surface area contributed by atoms with Crippen LogP contribution in [0.1, 0.15) is 21.9 Å². The van der Waals surface area contributed by atoms with E-state index in [9.17, 15) is 4.79 Å². The Morgan fingerprint density at radius 2 is 2.37 bits per heavy atom. The van der Waals surface area contributed by atoms with Crippen LogP contribution in [-0.2, 0) is 0 Å². The van der Waals surface area contributed by atoms with Crippen molar-refractivity contribution in [1.29, 1.82) is 0 Å². The van der Waals surface area contributed by atoms with E-state index in [1.807, 2.05) is 0 Å². The van der Waals surface area contributed by atoms with Gasteiger partial charge >= 0.3 is 0 Å². The van der Waals surface area contributed by atoms with Gasteiger partial charge in [-0.15, -0.1) is 0 Å². The monoisotopic (exact) mass is 256 g/mol. The third-order valence-corrected chi connectivity index (χ3v) is 2.26. The summed E-state index contributed by atoms with van der Waals surface area (Å²) in [6.45, 7) is 1.95. The molecule has 0 aliphatic rings. The SMILES string of the molecule is Cc1ncoc1C(=O)Nc1cccc(C#CCN)n1. The van der Waals surface area contributed by atoms with Gasteiger partial charge in [-0.25, -0.2) is 9.97 Å². The normalized spacial score (nSPS) is 9.58.